The second-order valence-electron chi connectivity index (χ2n) is 12.1. The van der Waals surface area contributed by atoms with E-state index in [0.717, 1.165) is 27.8 Å². The molecule has 4 heterocycles. The van der Waals surface area contributed by atoms with Crippen molar-refractivity contribution in [2.75, 3.05) is 0 Å². The maximum absolute atomic E-state index is 6.07. The van der Waals surface area contributed by atoms with E-state index in [1.54, 1.807) is 0 Å². The van der Waals surface area contributed by atoms with Gasteiger partial charge < -0.3 is 13.6 Å². The number of aromatic nitrogens is 3. The molecule has 0 atom stereocenters. The van der Waals surface area contributed by atoms with Crippen LogP contribution in [0.5, 0.6) is 0 Å². The van der Waals surface area contributed by atoms with Gasteiger partial charge in [0.2, 0.25) is 0 Å². The minimum atomic E-state index is 0.806. The van der Waals surface area contributed by atoms with Gasteiger partial charge in [-0.05, 0) is 95.1 Å². The Bertz CT molecular complexity index is 2830. The zero-order valence-corrected chi connectivity index (χ0v) is 25.1. The third-order valence-electron chi connectivity index (χ3n) is 9.58. The Labute approximate surface area is 264 Å². The lowest BCUT2D eigenvalue weighted by Gasteiger charge is -2.10. The van der Waals surface area contributed by atoms with Crippen molar-refractivity contribution in [3.8, 4) is 27.9 Å². The van der Waals surface area contributed by atoms with Crippen molar-refractivity contribution in [2.45, 2.75) is 0 Å². The fourth-order valence-electron chi connectivity index (χ4n) is 7.38. The molecule has 6 aromatic carbocycles. The molecule has 0 radical (unpaired) electrons. The highest BCUT2D eigenvalue weighted by atomic mass is 16.3. The van der Waals surface area contributed by atoms with Gasteiger partial charge in [0.15, 0.2) is 5.58 Å². The molecule has 0 spiro atoms. The molecule has 0 aliphatic rings. The van der Waals surface area contributed by atoms with Gasteiger partial charge in [0, 0.05) is 56.9 Å². The van der Waals surface area contributed by atoms with E-state index in [2.05, 4.69) is 149 Å². The average molecular weight is 590 g/mol. The van der Waals surface area contributed by atoms with Gasteiger partial charge in [-0.2, -0.15) is 0 Å². The van der Waals surface area contributed by atoms with Gasteiger partial charge >= 0.3 is 0 Å². The molecule has 46 heavy (non-hydrogen) atoms. The van der Waals surface area contributed by atoms with E-state index in [1.807, 2.05) is 18.3 Å². The van der Waals surface area contributed by atoms with Crippen LogP contribution in [0, 0.1) is 0 Å². The lowest BCUT2D eigenvalue weighted by atomic mass is 9.97. The highest BCUT2D eigenvalue weighted by Gasteiger charge is 2.16. The highest BCUT2D eigenvalue weighted by molar-refractivity contribution is 6.12. The van der Waals surface area contributed by atoms with Crippen molar-refractivity contribution in [1.82, 2.24) is 14.1 Å². The topological polar surface area (TPSA) is 35.9 Å². The number of hydrogen-bond acceptors (Lipinski definition) is 2. The molecule has 0 amide bonds. The van der Waals surface area contributed by atoms with Crippen LogP contribution >= 0.6 is 0 Å². The first-order chi connectivity index (χ1) is 22.7. The van der Waals surface area contributed by atoms with E-state index in [4.69, 9.17) is 4.42 Å². The molecule has 0 saturated heterocycles. The standard InChI is InChI=1S/C42H27N3O/c1-44-36-12-4-2-10-31(36)33-23-28(15-18-37(33)44)26-8-6-9-27(22-26)29-16-19-39-34(24-29)32-11-3-5-13-38(32)45(39)30-17-20-40-35(25-30)42-41(46-40)14-7-21-43-42/h2-25H,1H3. The van der Waals surface area contributed by atoms with Gasteiger partial charge in [0.05, 0.1) is 11.0 Å². The lowest BCUT2D eigenvalue weighted by molar-refractivity contribution is 0.668. The van der Waals surface area contributed by atoms with Crippen molar-refractivity contribution in [3.63, 3.8) is 0 Å². The second kappa shape index (κ2) is 9.43. The number of nitrogens with zero attached hydrogens (tertiary/aromatic N) is 3. The fraction of sp³-hybridized carbons (Fsp3) is 0.0238. The summed E-state index contributed by atoms with van der Waals surface area (Å²) in [5.74, 6) is 0. The predicted octanol–water partition coefficient (Wildman–Crippen LogP) is 11.1. The first-order valence-corrected chi connectivity index (χ1v) is 15.6. The quantitative estimate of drug-likeness (QED) is 0.205. The zero-order chi connectivity index (χ0) is 30.4. The van der Waals surface area contributed by atoms with Crippen LogP contribution in [0.2, 0.25) is 0 Å². The number of rotatable bonds is 3. The number of para-hydroxylation sites is 2. The summed E-state index contributed by atoms with van der Waals surface area (Å²) < 4.78 is 10.7. The van der Waals surface area contributed by atoms with Gasteiger partial charge in [-0.25, -0.2) is 0 Å². The summed E-state index contributed by atoms with van der Waals surface area (Å²) in [4.78, 5) is 4.62. The van der Waals surface area contributed by atoms with Crippen LogP contribution in [0.3, 0.4) is 0 Å². The lowest BCUT2D eigenvalue weighted by Crippen LogP contribution is -1.93. The molecule has 10 aromatic rings. The summed E-state index contributed by atoms with van der Waals surface area (Å²) in [7, 11) is 2.15. The van der Waals surface area contributed by atoms with Crippen LogP contribution in [-0.2, 0) is 7.05 Å². The van der Waals surface area contributed by atoms with Crippen LogP contribution in [-0.4, -0.2) is 14.1 Å². The number of fused-ring (bicyclic) bond motifs is 9. The Morgan fingerprint density at radius 2 is 1.09 bits per heavy atom. The summed E-state index contributed by atoms with van der Waals surface area (Å²) >= 11 is 0. The van der Waals surface area contributed by atoms with Gasteiger partial charge in [-0.1, -0.05) is 66.7 Å². The largest absolute Gasteiger partial charge is 0.454 e. The molecule has 0 saturated carbocycles. The Hall–Kier alpha value is -6.13. The first-order valence-electron chi connectivity index (χ1n) is 15.6. The molecule has 0 bridgehead atoms. The molecule has 4 heteroatoms. The number of benzene rings is 6. The third-order valence-corrected chi connectivity index (χ3v) is 9.58. The Morgan fingerprint density at radius 3 is 1.89 bits per heavy atom. The van der Waals surface area contributed by atoms with E-state index in [0.29, 0.717) is 0 Å². The van der Waals surface area contributed by atoms with Gasteiger partial charge in [-0.3, -0.25) is 4.98 Å². The minimum Gasteiger partial charge on any atom is -0.454 e. The van der Waals surface area contributed by atoms with E-state index < -0.39 is 0 Å². The molecule has 216 valence electrons. The van der Waals surface area contributed by atoms with Gasteiger partial charge in [0.25, 0.3) is 0 Å². The Kier molecular flexibility index (Phi) is 5.17. The van der Waals surface area contributed by atoms with Crippen LogP contribution in [0.1, 0.15) is 0 Å². The average Bonchev–Trinajstić information content (AvgIpc) is 3.75. The number of pyridine rings is 1. The maximum atomic E-state index is 6.07. The second-order valence-corrected chi connectivity index (χ2v) is 12.1. The van der Waals surface area contributed by atoms with Crippen LogP contribution < -0.4 is 0 Å². The first kappa shape index (κ1) is 25.2. The van der Waals surface area contributed by atoms with Gasteiger partial charge in [-0.15, -0.1) is 0 Å². The zero-order valence-electron chi connectivity index (χ0n) is 25.1. The maximum Gasteiger partial charge on any atom is 0.153 e. The molecule has 0 fully saturated rings. The third kappa shape index (κ3) is 3.58. The number of aryl methyl sites for hydroxylation is 1. The van der Waals surface area contributed by atoms with Crippen LogP contribution in [0.25, 0.3) is 93.6 Å². The van der Waals surface area contributed by atoms with E-state index in [-0.39, 0.29) is 0 Å². The normalized spacial score (nSPS) is 12.0. The molecule has 4 nitrogen and oxygen atoms in total. The molecule has 0 N–H and O–H groups in total. The molecule has 4 aromatic heterocycles. The minimum absolute atomic E-state index is 0.806. The highest BCUT2D eigenvalue weighted by Crippen LogP contribution is 2.38. The van der Waals surface area contributed by atoms with Crippen molar-refractivity contribution in [1.29, 1.82) is 0 Å². The summed E-state index contributed by atoms with van der Waals surface area (Å²) in [5, 5.41) is 6.05. The number of hydrogen-bond donors (Lipinski definition) is 0. The summed E-state index contributed by atoms with van der Waals surface area (Å²) in [6, 6.07) is 50.2. The van der Waals surface area contributed by atoms with E-state index >= 15 is 0 Å². The molecule has 10 rings (SSSR count). The fourth-order valence-corrected chi connectivity index (χ4v) is 7.38. The van der Waals surface area contributed by atoms with Crippen molar-refractivity contribution in [2.24, 2.45) is 7.05 Å². The summed E-state index contributed by atoms with van der Waals surface area (Å²) in [6.45, 7) is 0. The summed E-state index contributed by atoms with van der Waals surface area (Å²) in [6.07, 6.45) is 1.82. The molecular weight excluding hydrogens is 562 g/mol. The van der Waals surface area contributed by atoms with E-state index in [9.17, 15) is 0 Å². The van der Waals surface area contributed by atoms with Crippen molar-refractivity contribution < 1.29 is 4.42 Å². The Balaban J connectivity index is 1.12. The summed E-state index contributed by atoms with van der Waals surface area (Å²) in [5.41, 5.74) is 13.3. The number of furan rings is 1. The van der Waals surface area contributed by atoms with Crippen LogP contribution in [0.15, 0.2) is 150 Å². The monoisotopic (exact) mass is 589 g/mol. The smallest absolute Gasteiger partial charge is 0.153 e. The van der Waals surface area contributed by atoms with E-state index in [1.165, 1.54) is 65.9 Å². The van der Waals surface area contributed by atoms with Crippen molar-refractivity contribution >= 4 is 65.7 Å². The molecular formula is C42H27N3O. The van der Waals surface area contributed by atoms with Gasteiger partial charge in [0.1, 0.15) is 11.1 Å². The predicted molar refractivity (Wildman–Crippen MR) is 191 cm³/mol. The molecule has 0 unspecified atom stereocenters. The molecule has 0 aliphatic heterocycles. The van der Waals surface area contributed by atoms with Crippen LogP contribution in [0.4, 0.5) is 0 Å². The molecule has 0 aliphatic carbocycles. The SMILES string of the molecule is Cn1c2ccccc2c2cc(-c3cccc(-c4ccc5c(c4)c4ccccc4n5-c4ccc5oc6cccnc6c5c4)c3)ccc21. The Morgan fingerprint density at radius 1 is 0.457 bits per heavy atom. The van der Waals surface area contributed by atoms with Crippen molar-refractivity contribution in [3.05, 3.63) is 146 Å².